The fourth-order valence-electron chi connectivity index (χ4n) is 2.29. The van der Waals surface area contributed by atoms with E-state index in [1.165, 1.54) is 0 Å². The maximum Gasteiger partial charge on any atom is 0.387 e. The van der Waals surface area contributed by atoms with E-state index >= 15 is 0 Å². The van der Waals surface area contributed by atoms with Crippen molar-refractivity contribution in [1.82, 2.24) is 10.6 Å². The van der Waals surface area contributed by atoms with E-state index in [0.717, 1.165) is 0 Å². The standard InChI is InChI=1S/C19H31F2N3O4S.HI/c1-6-22-18(23-11-12-29(25,26)19(3,4)5)24-13-14-9-8-10-15(27-7-2)16(14)28-17(20)21;/h8-10,17H,6-7,11-13H2,1-5H3,(H2,22,23,24);1H. The second kappa shape index (κ2) is 13.1. The molecule has 11 heteroatoms. The van der Waals surface area contributed by atoms with Gasteiger partial charge in [0.25, 0.3) is 0 Å². The Morgan fingerprint density at radius 2 is 1.87 bits per heavy atom. The first-order valence-corrected chi connectivity index (χ1v) is 11.1. The van der Waals surface area contributed by atoms with E-state index in [4.69, 9.17) is 4.74 Å². The van der Waals surface area contributed by atoms with Gasteiger partial charge in [-0.15, -0.1) is 24.0 Å². The number of para-hydroxylation sites is 1. The zero-order valence-corrected chi connectivity index (χ0v) is 21.1. The molecule has 0 unspecified atom stereocenters. The van der Waals surface area contributed by atoms with Crippen LogP contribution in [0.5, 0.6) is 11.5 Å². The zero-order chi connectivity index (χ0) is 22.1. The van der Waals surface area contributed by atoms with Crippen LogP contribution in [-0.2, 0) is 16.4 Å². The number of sulfone groups is 1. The lowest BCUT2D eigenvalue weighted by atomic mass is 10.2. The second-order valence-electron chi connectivity index (χ2n) is 7.11. The fourth-order valence-corrected chi connectivity index (χ4v) is 3.28. The minimum atomic E-state index is -3.27. The molecule has 30 heavy (non-hydrogen) atoms. The molecule has 7 nitrogen and oxygen atoms in total. The van der Waals surface area contributed by atoms with Crippen molar-refractivity contribution in [1.29, 1.82) is 0 Å². The molecule has 0 bridgehead atoms. The van der Waals surface area contributed by atoms with Crippen LogP contribution in [0.25, 0.3) is 0 Å². The number of nitrogens with zero attached hydrogens (tertiary/aromatic N) is 1. The third-order valence-corrected chi connectivity index (χ3v) is 6.52. The molecule has 1 aromatic carbocycles. The minimum absolute atomic E-state index is 0. The van der Waals surface area contributed by atoms with Gasteiger partial charge in [0, 0.05) is 18.7 Å². The van der Waals surface area contributed by atoms with Crippen LogP contribution in [0.1, 0.15) is 40.2 Å². The van der Waals surface area contributed by atoms with E-state index < -0.39 is 21.2 Å². The number of ether oxygens (including phenoxy) is 2. The molecule has 0 saturated heterocycles. The molecule has 0 saturated carbocycles. The third kappa shape index (κ3) is 9.19. The Kier molecular flexibility index (Phi) is 12.5. The molecule has 0 heterocycles. The molecule has 0 fully saturated rings. The highest BCUT2D eigenvalue weighted by molar-refractivity contribution is 14.0. The summed E-state index contributed by atoms with van der Waals surface area (Å²) in [5.74, 6) is 0.482. The quantitative estimate of drug-likeness (QED) is 0.257. The molecular weight excluding hydrogens is 531 g/mol. The van der Waals surface area contributed by atoms with Crippen molar-refractivity contribution in [3.63, 3.8) is 0 Å². The van der Waals surface area contributed by atoms with Crippen molar-refractivity contribution in [2.75, 3.05) is 25.4 Å². The number of hydrogen-bond acceptors (Lipinski definition) is 5. The van der Waals surface area contributed by atoms with Crippen molar-refractivity contribution >= 4 is 39.8 Å². The average Bonchev–Trinajstić information content (AvgIpc) is 2.60. The normalized spacial score (nSPS) is 12.3. The van der Waals surface area contributed by atoms with Crippen LogP contribution in [0.15, 0.2) is 23.2 Å². The van der Waals surface area contributed by atoms with Gasteiger partial charge >= 0.3 is 6.61 Å². The second-order valence-corrected chi connectivity index (χ2v) is 9.97. The summed E-state index contributed by atoms with van der Waals surface area (Å²) in [5.41, 5.74) is 0.427. The highest BCUT2D eigenvalue weighted by atomic mass is 127. The van der Waals surface area contributed by atoms with Crippen LogP contribution >= 0.6 is 24.0 Å². The van der Waals surface area contributed by atoms with Gasteiger partial charge in [0.1, 0.15) is 0 Å². The Bertz CT molecular complexity index is 784. The molecule has 0 aliphatic rings. The number of alkyl halides is 2. The van der Waals surface area contributed by atoms with Gasteiger partial charge < -0.3 is 20.1 Å². The van der Waals surface area contributed by atoms with Crippen LogP contribution < -0.4 is 20.1 Å². The molecule has 1 aromatic rings. The Morgan fingerprint density at radius 3 is 2.40 bits per heavy atom. The van der Waals surface area contributed by atoms with Gasteiger partial charge in [-0.1, -0.05) is 12.1 Å². The topological polar surface area (TPSA) is 89.0 Å². The van der Waals surface area contributed by atoms with Gasteiger partial charge in [-0.2, -0.15) is 8.78 Å². The smallest absolute Gasteiger partial charge is 0.387 e. The molecular formula is C19H32F2IN3O4S. The summed E-state index contributed by atoms with van der Waals surface area (Å²) >= 11 is 0. The highest BCUT2D eigenvalue weighted by Gasteiger charge is 2.28. The van der Waals surface area contributed by atoms with Gasteiger partial charge in [-0.25, -0.2) is 13.4 Å². The molecule has 0 aliphatic heterocycles. The summed E-state index contributed by atoms with van der Waals surface area (Å²) in [6, 6.07) is 4.84. The van der Waals surface area contributed by atoms with E-state index in [-0.39, 0.29) is 54.3 Å². The van der Waals surface area contributed by atoms with Gasteiger partial charge in [0.05, 0.1) is 23.7 Å². The molecule has 0 amide bonds. The summed E-state index contributed by atoms with van der Waals surface area (Å²) < 4.78 is 59.2. The van der Waals surface area contributed by atoms with Crippen molar-refractivity contribution in [2.24, 2.45) is 4.99 Å². The molecule has 0 spiro atoms. The van der Waals surface area contributed by atoms with E-state index in [2.05, 4.69) is 20.4 Å². The van der Waals surface area contributed by atoms with Crippen molar-refractivity contribution in [3.05, 3.63) is 23.8 Å². The molecule has 0 radical (unpaired) electrons. The summed E-state index contributed by atoms with van der Waals surface area (Å²) in [7, 11) is -3.27. The maximum absolute atomic E-state index is 12.8. The third-order valence-electron chi connectivity index (χ3n) is 3.92. The highest BCUT2D eigenvalue weighted by Crippen LogP contribution is 2.33. The number of hydrogen-bond donors (Lipinski definition) is 2. The molecule has 0 atom stereocenters. The number of benzene rings is 1. The lowest BCUT2D eigenvalue weighted by Gasteiger charge is -2.20. The maximum atomic E-state index is 12.8. The minimum Gasteiger partial charge on any atom is -0.490 e. The first-order valence-electron chi connectivity index (χ1n) is 9.45. The molecule has 2 N–H and O–H groups in total. The van der Waals surface area contributed by atoms with Gasteiger partial charge in [-0.3, -0.25) is 0 Å². The zero-order valence-electron chi connectivity index (χ0n) is 18.0. The van der Waals surface area contributed by atoms with Crippen LogP contribution in [0.4, 0.5) is 8.78 Å². The monoisotopic (exact) mass is 563 g/mol. The number of halogens is 3. The number of aliphatic imine (C=N–C) groups is 1. The number of nitrogens with one attached hydrogen (secondary N) is 2. The van der Waals surface area contributed by atoms with Crippen LogP contribution in [0.3, 0.4) is 0 Å². The van der Waals surface area contributed by atoms with Gasteiger partial charge in [-0.05, 0) is 40.7 Å². The fraction of sp³-hybridized carbons (Fsp3) is 0.632. The Hall–Kier alpha value is -1.37. The summed E-state index contributed by atoms with van der Waals surface area (Å²) in [5, 5.41) is 5.96. The lowest BCUT2D eigenvalue weighted by Crippen LogP contribution is -2.41. The van der Waals surface area contributed by atoms with Gasteiger partial charge in [0.2, 0.25) is 0 Å². The summed E-state index contributed by atoms with van der Waals surface area (Å²) in [6.45, 7) is 6.64. The van der Waals surface area contributed by atoms with Crippen molar-refractivity contribution < 1.29 is 26.7 Å². The van der Waals surface area contributed by atoms with E-state index in [9.17, 15) is 17.2 Å². The molecule has 0 aromatic heterocycles. The van der Waals surface area contributed by atoms with Crippen LogP contribution in [0.2, 0.25) is 0 Å². The van der Waals surface area contributed by atoms with Gasteiger partial charge in [0.15, 0.2) is 27.3 Å². The lowest BCUT2D eigenvalue weighted by molar-refractivity contribution is -0.0520. The largest absolute Gasteiger partial charge is 0.490 e. The predicted molar refractivity (Wildman–Crippen MR) is 126 cm³/mol. The predicted octanol–water partition coefficient (Wildman–Crippen LogP) is 3.57. The summed E-state index contributed by atoms with van der Waals surface area (Å²) in [6.07, 6.45) is 0. The Balaban J connectivity index is 0.00000841. The molecule has 1 rings (SSSR count). The van der Waals surface area contributed by atoms with Crippen LogP contribution in [0, 0.1) is 0 Å². The Labute approximate surface area is 194 Å². The first kappa shape index (κ1) is 28.6. The van der Waals surface area contributed by atoms with Crippen molar-refractivity contribution in [3.8, 4) is 11.5 Å². The molecule has 174 valence electrons. The van der Waals surface area contributed by atoms with E-state index in [1.807, 2.05) is 6.92 Å². The van der Waals surface area contributed by atoms with Crippen molar-refractivity contribution in [2.45, 2.75) is 52.5 Å². The summed E-state index contributed by atoms with van der Waals surface area (Å²) in [4.78, 5) is 4.35. The SMILES string of the molecule is CCNC(=NCc1cccc(OCC)c1OC(F)F)NCCS(=O)(=O)C(C)(C)C.I. The van der Waals surface area contributed by atoms with Crippen LogP contribution in [-0.4, -0.2) is 51.2 Å². The van der Waals surface area contributed by atoms with E-state index in [0.29, 0.717) is 24.7 Å². The Morgan fingerprint density at radius 1 is 1.20 bits per heavy atom. The average molecular weight is 563 g/mol. The first-order chi connectivity index (χ1) is 13.5. The number of rotatable bonds is 10. The molecule has 0 aliphatic carbocycles. The number of guanidine groups is 1. The van der Waals surface area contributed by atoms with E-state index in [1.54, 1.807) is 45.9 Å².